The number of benzene rings is 2. The standard InChI is InChI=1S/C21H19N3O/c1-14(2)23-13-24(15-8-4-3-5-9-15)20-18(23)12-17-16-10-6-7-11-19(16)25-21(17)22-20/h3-12,14H,13H2,1-2H3. The summed E-state index contributed by atoms with van der Waals surface area (Å²) in [6.07, 6.45) is 0. The molecule has 0 radical (unpaired) electrons. The first-order chi connectivity index (χ1) is 12.2. The maximum Gasteiger partial charge on any atom is 0.229 e. The third-order valence-corrected chi connectivity index (χ3v) is 4.88. The number of aromatic nitrogens is 1. The Balaban J connectivity index is 1.77. The Morgan fingerprint density at radius 3 is 2.52 bits per heavy atom. The van der Waals surface area contributed by atoms with Crippen LogP contribution >= 0.6 is 0 Å². The number of rotatable bonds is 2. The van der Waals surface area contributed by atoms with Crippen molar-refractivity contribution in [3.63, 3.8) is 0 Å². The summed E-state index contributed by atoms with van der Waals surface area (Å²) in [4.78, 5) is 9.54. The van der Waals surface area contributed by atoms with Gasteiger partial charge in [-0.25, -0.2) is 0 Å². The number of nitrogens with zero attached hydrogens (tertiary/aromatic N) is 3. The van der Waals surface area contributed by atoms with Crippen LogP contribution < -0.4 is 9.80 Å². The molecule has 0 atom stereocenters. The van der Waals surface area contributed by atoms with Gasteiger partial charge in [0.05, 0.1) is 17.7 Å². The first-order valence-corrected chi connectivity index (χ1v) is 8.64. The topological polar surface area (TPSA) is 32.5 Å². The number of pyridine rings is 1. The number of fused-ring (bicyclic) bond motifs is 4. The summed E-state index contributed by atoms with van der Waals surface area (Å²) in [5, 5.41) is 2.20. The maximum absolute atomic E-state index is 6.00. The van der Waals surface area contributed by atoms with Crippen LogP contribution in [-0.4, -0.2) is 17.7 Å². The van der Waals surface area contributed by atoms with E-state index in [1.807, 2.05) is 24.3 Å². The van der Waals surface area contributed by atoms with Gasteiger partial charge in [-0.05, 0) is 38.1 Å². The monoisotopic (exact) mass is 329 g/mol. The molecule has 4 aromatic rings. The van der Waals surface area contributed by atoms with Gasteiger partial charge >= 0.3 is 0 Å². The highest BCUT2D eigenvalue weighted by molar-refractivity contribution is 6.06. The normalized spacial score (nSPS) is 14.0. The first kappa shape index (κ1) is 14.3. The molecule has 25 heavy (non-hydrogen) atoms. The van der Waals surface area contributed by atoms with Crippen molar-refractivity contribution in [3.05, 3.63) is 60.7 Å². The molecule has 0 saturated heterocycles. The van der Waals surface area contributed by atoms with Gasteiger partial charge in [0.1, 0.15) is 5.58 Å². The van der Waals surface area contributed by atoms with Gasteiger partial charge in [0.2, 0.25) is 5.71 Å². The van der Waals surface area contributed by atoms with Crippen LogP contribution in [0.25, 0.3) is 22.1 Å². The Morgan fingerprint density at radius 2 is 1.72 bits per heavy atom. The molecule has 0 bridgehead atoms. The van der Waals surface area contributed by atoms with E-state index in [-0.39, 0.29) is 0 Å². The smallest absolute Gasteiger partial charge is 0.229 e. The zero-order valence-electron chi connectivity index (χ0n) is 14.3. The molecule has 0 saturated carbocycles. The predicted molar refractivity (Wildman–Crippen MR) is 103 cm³/mol. The Hall–Kier alpha value is -3.01. The minimum Gasteiger partial charge on any atom is -0.438 e. The Labute approximate surface area is 146 Å². The number of hydrogen-bond acceptors (Lipinski definition) is 4. The molecule has 1 aliphatic heterocycles. The van der Waals surface area contributed by atoms with E-state index in [1.54, 1.807) is 0 Å². The van der Waals surface area contributed by atoms with Gasteiger partial charge in [-0.1, -0.05) is 36.4 Å². The number of furan rings is 1. The van der Waals surface area contributed by atoms with Crippen molar-refractivity contribution in [2.24, 2.45) is 0 Å². The van der Waals surface area contributed by atoms with Crippen molar-refractivity contribution in [2.75, 3.05) is 16.5 Å². The van der Waals surface area contributed by atoms with E-state index in [1.165, 1.54) is 0 Å². The van der Waals surface area contributed by atoms with Crippen molar-refractivity contribution in [3.8, 4) is 0 Å². The van der Waals surface area contributed by atoms with Gasteiger partial charge < -0.3 is 14.2 Å². The largest absolute Gasteiger partial charge is 0.438 e. The highest BCUT2D eigenvalue weighted by Crippen LogP contribution is 2.43. The molecule has 3 heterocycles. The van der Waals surface area contributed by atoms with Crippen molar-refractivity contribution in [1.29, 1.82) is 0 Å². The van der Waals surface area contributed by atoms with Crippen LogP contribution in [0.5, 0.6) is 0 Å². The van der Waals surface area contributed by atoms with Crippen LogP contribution in [0.15, 0.2) is 65.1 Å². The molecule has 2 aromatic carbocycles. The Morgan fingerprint density at radius 1 is 0.960 bits per heavy atom. The van der Waals surface area contributed by atoms with Crippen molar-refractivity contribution < 1.29 is 4.42 Å². The molecular weight excluding hydrogens is 310 g/mol. The van der Waals surface area contributed by atoms with Crippen LogP contribution in [0.2, 0.25) is 0 Å². The molecule has 5 rings (SSSR count). The van der Waals surface area contributed by atoms with E-state index in [2.05, 4.69) is 60.0 Å². The molecule has 4 nitrogen and oxygen atoms in total. The zero-order valence-corrected chi connectivity index (χ0v) is 14.3. The van der Waals surface area contributed by atoms with Gasteiger partial charge in [0, 0.05) is 17.1 Å². The van der Waals surface area contributed by atoms with Crippen molar-refractivity contribution in [1.82, 2.24) is 4.98 Å². The Bertz CT molecular complexity index is 1070. The molecule has 0 unspecified atom stereocenters. The second-order valence-electron chi connectivity index (χ2n) is 6.75. The van der Waals surface area contributed by atoms with E-state index in [0.717, 1.165) is 40.2 Å². The lowest BCUT2D eigenvalue weighted by Gasteiger charge is -2.24. The summed E-state index contributed by atoms with van der Waals surface area (Å²) < 4.78 is 6.00. The van der Waals surface area contributed by atoms with Crippen LogP contribution in [-0.2, 0) is 0 Å². The zero-order chi connectivity index (χ0) is 17.0. The van der Waals surface area contributed by atoms with E-state index >= 15 is 0 Å². The van der Waals surface area contributed by atoms with Crippen LogP contribution in [0.4, 0.5) is 17.2 Å². The van der Waals surface area contributed by atoms with E-state index in [0.29, 0.717) is 11.8 Å². The lowest BCUT2D eigenvalue weighted by molar-refractivity contribution is 0.654. The summed E-state index contributed by atoms with van der Waals surface area (Å²) in [6, 6.07) is 21.2. The molecule has 4 heteroatoms. The van der Waals surface area contributed by atoms with Crippen LogP contribution in [0.1, 0.15) is 13.8 Å². The molecule has 0 amide bonds. The minimum atomic E-state index is 0.393. The molecule has 124 valence electrons. The van der Waals surface area contributed by atoms with E-state index in [9.17, 15) is 0 Å². The quantitative estimate of drug-likeness (QED) is 0.499. The van der Waals surface area contributed by atoms with E-state index < -0.39 is 0 Å². The number of hydrogen-bond donors (Lipinski definition) is 0. The predicted octanol–water partition coefficient (Wildman–Crippen LogP) is 5.31. The number of anilines is 3. The third kappa shape index (κ3) is 2.10. The first-order valence-electron chi connectivity index (χ1n) is 8.64. The van der Waals surface area contributed by atoms with Crippen LogP contribution in [0.3, 0.4) is 0 Å². The molecule has 0 spiro atoms. The fourth-order valence-electron chi connectivity index (χ4n) is 3.59. The second kappa shape index (κ2) is 5.24. The summed E-state index contributed by atoms with van der Waals surface area (Å²) in [5.74, 6) is 0.964. The average Bonchev–Trinajstić information content (AvgIpc) is 3.18. The van der Waals surface area contributed by atoms with Crippen molar-refractivity contribution >= 4 is 39.3 Å². The fourth-order valence-corrected chi connectivity index (χ4v) is 3.59. The van der Waals surface area contributed by atoms with Gasteiger partial charge in [-0.2, -0.15) is 4.98 Å². The summed E-state index contributed by atoms with van der Waals surface area (Å²) in [6.45, 7) is 5.24. The second-order valence-corrected chi connectivity index (χ2v) is 6.75. The molecule has 0 aliphatic carbocycles. The lowest BCUT2D eigenvalue weighted by atomic mass is 10.2. The maximum atomic E-state index is 6.00. The molecule has 0 N–H and O–H groups in total. The van der Waals surface area contributed by atoms with E-state index in [4.69, 9.17) is 9.40 Å². The van der Waals surface area contributed by atoms with Gasteiger partial charge in [0.25, 0.3) is 0 Å². The fraction of sp³-hybridized carbons (Fsp3) is 0.190. The highest BCUT2D eigenvalue weighted by atomic mass is 16.3. The molecule has 1 aliphatic rings. The SMILES string of the molecule is CC(C)N1CN(c2ccccc2)c2nc3oc4ccccc4c3cc21. The average molecular weight is 329 g/mol. The van der Waals surface area contributed by atoms with Gasteiger partial charge in [-0.3, -0.25) is 0 Å². The number of para-hydroxylation sites is 2. The summed E-state index contributed by atoms with van der Waals surface area (Å²) in [7, 11) is 0. The van der Waals surface area contributed by atoms with Crippen molar-refractivity contribution in [2.45, 2.75) is 19.9 Å². The molecular formula is C21H19N3O. The third-order valence-electron chi connectivity index (χ3n) is 4.88. The molecule has 0 fully saturated rings. The van der Waals surface area contributed by atoms with Gasteiger partial charge in [0.15, 0.2) is 5.82 Å². The highest BCUT2D eigenvalue weighted by Gasteiger charge is 2.31. The summed E-state index contributed by atoms with van der Waals surface area (Å²) in [5.41, 5.74) is 3.90. The molecule has 2 aromatic heterocycles. The lowest BCUT2D eigenvalue weighted by Crippen LogP contribution is -2.33. The van der Waals surface area contributed by atoms with Gasteiger partial charge in [-0.15, -0.1) is 0 Å². The Kier molecular flexibility index (Phi) is 3.01. The van der Waals surface area contributed by atoms with Crippen LogP contribution in [0, 0.1) is 0 Å². The summed E-state index contributed by atoms with van der Waals surface area (Å²) >= 11 is 0. The minimum absolute atomic E-state index is 0.393.